The lowest BCUT2D eigenvalue weighted by molar-refractivity contribution is -0.116. The van der Waals surface area contributed by atoms with Gasteiger partial charge in [0.25, 0.3) is 0 Å². The summed E-state index contributed by atoms with van der Waals surface area (Å²) in [6.07, 6.45) is 0.632. The smallest absolute Gasteiger partial charge is 0.250 e. The predicted octanol–water partition coefficient (Wildman–Crippen LogP) is 3.04. The van der Waals surface area contributed by atoms with Crippen LogP contribution in [0.3, 0.4) is 0 Å². The van der Waals surface area contributed by atoms with Crippen molar-refractivity contribution in [2.75, 3.05) is 27.7 Å². The van der Waals surface area contributed by atoms with Gasteiger partial charge in [-0.3, -0.25) is 9.10 Å². The van der Waals surface area contributed by atoms with E-state index < -0.39 is 20.7 Å². The Morgan fingerprint density at radius 3 is 2.45 bits per heavy atom. The number of nitrogens with zero attached hydrogens (tertiary/aromatic N) is 1. The molecule has 2 saturated heterocycles. The molecule has 6 nitrogen and oxygen atoms in total. The molecule has 1 N–H and O–H groups in total. The van der Waals surface area contributed by atoms with Crippen LogP contribution in [-0.4, -0.2) is 43.2 Å². The summed E-state index contributed by atoms with van der Waals surface area (Å²) in [5.41, 5.74) is 2.26. The molecular weight excluding hydrogens is 408 g/mol. The quantitative estimate of drug-likeness (QED) is 0.789. The van der Waals surface area contributed by atoms with E-state index in [9.17, 15) is 13.2 Å². The van der Waals surface area contributed by atoms with E-state index in [0.29, 0.717) is 24.3 Å². The van der Waals surface area contributed by atoms with Crippen LogP contribution in [0.5, 0.6) is 5.75 Å². The molecule has 3 aliphatic rings. The molecule has 1 saturated carbocycles. The zero-order chi connectivity index (χ0) is 20.2. The minimum atomic E-state index is -3.76. The number of aryl methyl sites for hydroxylation is 1. The molecule has 152 valence electrons. The van der Waals surface area contributed by atoms with Crippen LogP contribution in [0, 0.1) is 12.8 Å². The van der Waals surface area contributed by atoms with Gasteiger partial charge in [0.05, 0.1) is 5.69 Å². The third kappa shape index (κ3) is 3.00. The SMILES string of the molecule is Cc1ccc(N2CC3CC3(C(=O)Nc3ccc(OC4CSC4)cc3)S2(=O)=O)cc1. The molecule has 3 fully saturated rings. The Morgan fingerprint density at radius 1 is 1.14 bits per heavy atom. The van der Waals surface area contributed by atoms with Crippen LogP contribution >= 0.6 is 11.8 Å². The maximum absolute atomic E-state index is 13.2. The summed E-state index contributed by atoms with van der Waals surface area (Å²) >= 11 is 1.85. The third-order valence-corrected chi connectivity index (χ3v) is 9.68. The minimum absolute atomic E-state index is 0.174. The highest BCUT2D eigenvalue weighted by Gasteiger charge is 2.75. The number of benzene rings is 2. The first-order valence-corrected chi connectivity index (χ1v) is 12.2. The van der Waals surface area contributed by atoms with Crippen molar-refractivity contribution in [1.29, 1.82) is 0 Å². The molecule has 0 spiro atoms. The number of nitrogens with one attached hydrogen (secondary N) is 1. The van der Waals surface area contributed by atoms with E-state index in [4.69, 9.17) is 4.74 Å². The van der Waals surface area contributed by atoms with E-state index in [1.165, 1.54) is 4.31 Å². The van der Waals surface area contributed by atoms with Crippen molar-refractivity contribution in [3.8, 4) is 5.75 Å². The first kappa shape index (κ1) is 18.8. The van der Waals surface area contributed by atoms with Gasteiger partial charge in [-0.15, -0.1) is 0 Å². The summed E-state index contributed by atoms with van der Waals surface area (Å²) in [6, 6.07) is 14.5. The second-order valence-electron chi connectivity index (χ2n) is 7.92. The van der Waals surface area contributed by atoms with E-state index >= 15 is 0 Å². The highest BCUT2D eigenvalue weighted by molar-refractivity contribution is 8.00. The second-order valence-corrected chi connectivity index (χ2v) is 11.1. The van der Waals surface area contributed by atoms with E-state index in [1.807, 2.05) is 43.0 Å². The lowest BCUT2D eigenvalue weighted by atomic mass is 10.2. The molecule has 2 aliphatic heterocycles. The molecule has 8 heteroatoms. The average molecular weight is 431 g/mol. The summed E-state index contributed by atoms with van der Waals surface area (Å²) < 4.78 is 32.3. The zero-order valence-electron chi connectivity index (χ0n) is 16.0. The van der Waals surface area contributed by atoms with E-state index in [-0.39, 0.29) is 12.0 Å². The Morgan fingerprint density at radius 2 is 1.83 bits per heavy atom. The lowest BCUT2D eigenvalue weighted by Crippen LogP contribution is -2.42. The van der Waals surface area contributed by atoms with Crippen LogP contribution in [0.15, 0.2) is 48.5 Å². The highest BCUT2D eigenvalue weighted by Crippen LogP contribution is 2.58. The molecule has 2 unspecified atom stereocenters. The van der Waals surface area contributed by atoms with Crippen LogP contribution in [0.4, 0.5) is 11.4 Å². The number of anilines is 2. The van der Waals surface area contributed by atoms with Crippen molar-refractivity contribution in [3.63, 3.8) is 0 Å². The van der Waals surface area contributed by atoms with Crippen molar-refractivity contribution < 1.29 is 17.9 Å². The molecule has 2 aromatic carbocycles. The largest absolute Gasteiger partial charge is 0.489 e. The zero-order valence-corrected chi connectivity index (χ0v) is 17.6. The van der Waals surface area contributed by atoms with Gasteiger partial charge in [-0.25, -0.2) is 8.42 Å². The Hall–Kier alpha value is -2.19. The van der Waals surface area contributed by atoms with Crippen LogP contribution in [0.1, 0.15) is 12.0 Å². The number of fused-ring (bicyclic) bond motifs is 1. The van der Waals surface area contributed by atoms with Crippen molar-refractivity contribution in [2.24, 2.45) is 5.92 Å². The van der Waals surface area contributed by atoms with Gasteiger partial charge in [0.15, 0.2) is 4.75 Å². The Balaban J connectivity index is 1.31. The third-order valence-electron chi connectivity index (χ3n) is 5.91. The minimum Gasteiger partial charge on any atom is -0.489 e. The summed E-state index contributed by atoms with van der Waals surface area (Å²) in [4.78, 5) is 13.0. The van der Waals surface area contributed by atoms with Crippen LogP contribution < -0.4 is 14.4 Å². The molecule has 5 rings (SSSR count). The Bertz CT molecular complexity index is 1050. The van der Waals surface area contributed by atoms with Gasteiger partial charge in [-0.1, -0.05) is 17.7 Å². The van der Waals surface area contributed by atoms with Gasteiger partial charge in [0.1, 0.15) is 11.9 Å². The molecule has 1 aliphatic carbocycles. The molecule has 1 amide bonds. The lowest BCUT2D eigenvalue weighted by Gasteiger charge is -2.26. The number of hydrogen-bond donors (Lipinski definition) is 1. The standard InChI is InChI=1S/C21H22N2O4S2/c1-14-2-6-17(7-3-14)23-11-15-10-21(15,29(23,25)26)20(24)22-16-4-8-18(9-5-16)27-19-12-28-13-19/h2-9,15,19H,10-13H2,1H3,(H,22,24). The van der Waals surface area contributed by atoms with Crippen molar-refractivity contribution >= 4 is 39.1 Å². The van der Waals surface area contributed by atoms with Gasteiger partial charge >= 0.3 is 0 Å². The second kappa shape index (κ2) is 6.67. The first-order valence-electron chi connectivity index (χ1n) is 9.65. The van der Waals surface area contributed by atoms with Crippen LogP contribution in [0.25, 0.3) is 0 Å². The summed E-state index contributed by atoms with van der Waals surface area (Å²) in [5.74, 6) is 2.14. The van der Waals surface area contributed by atoms with Gasteiger partial charge in [-0.2, -0.15) is 11.8 Å². The molecule has 2 atom stereocenters. The topological polar surface area (TPSA) is 75.7 Å². The summed E-state index contributed by atoms with van der Waals surface area (Å²) in [6.45, 7) is 2.31. The van der Waals surface area contributed by atoms with E-state index in [0.717, 1.165) is 22.8 Å². The number of amides is 1. The molecular formula is C21H22N2O4S2. The molecule has 0 aromatic heterocycles. The van der Waals surface area contributed by atoms with Crippen LogP contribution in [0.2, 0.25) is 0 Å². The first-order chi connectivity index (χ1) is 13.9. The molecule has 2 heterocycles. The number of carbonyl (C=O) groups excluding carboxylic acids is 1. The van der Waals surface area contributed by atoms with Crippen LogP contribution in [-0.2, 0) is 14.8 Å². The number of rotatable bonds is 5. The predicted molar refractivity (Wildman–Crippen MR) is 115 cm³/mol. The molecule has 0 radical (unpaired) electrons. The van der Waals surface area contributed by atoms with E-state index in [2.05, 4.69) is 5.32 Å². The number of ether oxygens (including phenoxy) is 1. The fraction of sp³-hybridized carbons (Fsp3) is 0.381. The number of hydrogen-bond acceptors (Lipinski definition) is 5. The monoisotopic (exact) mass is 430 g/mol. The van der Waals surface area contributed by atoms with Crippen molar-refractivity contribution in [1.82, 2.24) is 0 Å². The Kier molecular flexibility index (Phi) is 4.33. The molecule has 29 heavy (non-hydrogen) atoms. The van der Waals surface area contributed by atoms with Crippen molar-refractivity contribution in [2.45, 2.75) is 24.2 Å². The molecule has 2 aromatic rings. The number of thioether (sulfide) groups is 1. The summed E-state index contributed by atoms with van der Waals surface area (Å²) in [7, 11) is -3.76. The number of carbonyl (C=O) groups is 1. The maximum Gasteiger partial charge on any atom is 0.250 e. The average Bonchev–Trinajstić information content (AvgIpc) is 3.36. The fourth-order valence-corrected chi connectivity index (χ4v) is 6.93. The Labute approximate surface area is 174 Å². The van der Waals surface area contributed by atoms with Gasteiger partial charge in [-0.05, 0) is 49.7 Å². The van der Waals surface area contributed by atoms with Gasteiger partial charge < -0.3 is 10.1 Å². The van der Waals surface area contributed by atoms with Gasteiger partial charge in [0.2, 0.25) is 15.9 Å². The normalized spacial score (nSPS) is 27.1. The summed E-state index contributed by atoms with van der Waals surface area (Å²) in [5, 5.41) is 2.81. The fourth-order valence-electron chi connectivity index (χ4n) is 4.01. The van der Waals surface area contributed by atoms with E-state index in [1.54, 1.807) is 24.3 Å². The molecule has 0 bridgehead atoms. The maximum atomic E-state index is 13.2. The van der Waals surface area contributed by atoms with Crippen molar-refractivity contribution in [3.05, 3.63) is 54.1 Å². The highest BCUT2D eigenvalue weighted by atomic mass is 32.2. The number of sulfonamides is 1. The van der Waals surface area contributed by atoms with Gasteiger partial charge in [0, 0.05) is 29.7 Å².